The Morgan fingerprint density at radius 1 is 1.85 bits per heavy atom. The molecule has 0 spiro atoms. The van der Waals surface area contributed by atoms with Crippen molar-refractivity contribution in [3.8, 4) is 0 Å². The fraction of sp³-hybridized carbons (Fsp3) is 0.500. The molecule has 0 bridgehead atoms. The number of hydrogen-bond donors (Lipinski definition) is 1. The van der Waals surface area contributed by atoms with Crippen LogP contribution in [0.1, 0.15) is 5.69 Å². The second kappa shape index (κ2) is 3.08. The van der Waals surface area contributed by atoms with E-state index in [1.165, 1.54) is 0 Å². The summed E-state index contributed by atoms with van der Waals surface area (Å²) in [5.74, 6) is 0. The highest BCUT2D eigenvalue weighted by atomic mass is 16.6. The van der Waals surface area contributed by atoms with E-state index in [4.69, 9.17) is 4.74 Å². The van der Waals surface area contributed by atoms with Crippen LogP contribution in [0.3, 0.4) is 0 Å². The van der Waals surface area contributed by atoms with E-state index in [2.05, 4.69) is 10.4 Å². The van der Waals surface area contributed by atoms with Gasteiger partial charge < -0.3 is 10.1 Å². The molecule has 1 fully saturated rings. The number of aryl methyl sites for hydroxylation is 1. The molecule has 70 valence electrons. The smallest absolute Gasteiger partial charge is 0.407 e. The Labute approximate surface area is 75.7 Å². The molecule has 0 aromatic carbocycles. The highest BCUT2D eigenvalue weighted by Crippen LogP contribution is 2.04. The molecule has 5 heteroatoms. The van der Waals surface area contributed by atoms with Crippen LogP contribution in [0.2, 0.25) is 0 Å². The van der Waals surface area contributed by atoms with Crippen LogP contribution in [-0.4, -0.2) is 28.5 Å². The summed E-state index contributed by atoms with van der Waals surface area (Å²) in [7, 11) is 0. The van der Waals surface area contributed by atoms with Crippen molar-refractivity contribution in [2.45, 2.75) is 19.6 Å². The molecule has 1 amide bonds. The molecule has 1 aromatic heterocycles. The molecule has 1 saturated heterocycles. The molecule has 0 radical (unpaired) electrons. The highest BCUT2D eigenvalue weighted by molar-refractivity contribution is 5.69. The summed E-state index contributed by atoms with van der Waals surface area (Å²) < 4.78 is 6.80. The molecule has 1 aliphatic rings. The summed E-state index contributed by atoms with van der Waals surface area (Å²) in [4.78, 5) is 10.7. The second-order valence-corrected chi connectivity index (χ2v) is 3.06. The Hall–Kier alpha value is -1.52. The lowest BCUT2D eigenvalue weighted by molar-refractivity contribution is 0.128. The van der Waals surface area contributed by atoms with Crippen molar-refractivity contribution in [2.75, 3.05) is 6.54 Å². The average Bonchev–Trinajstić information content (AvgIpc) is 2.64. The van der Waals surface area contributed by atoms with Gasteiger partial charge in [-0.3, -0.25) is 4.68 Å². The van der Waals surface area contributed by atoms with Gasteiger partial charge in [-0.15, -0.1) is 0 Å². The van der Waals surface area contributed by atoms with Gasteiger partial charge in [-0.2, -0.15) is 5.10 Å². The molecule has 0 saturated carbocycles. The summed E-state index contributed by atoms with van der Waals surface area (Å²) >= 11 is 0. The van der Waals surface area contributed by atoms with Gasteiger partial charge in [-0.1, -0.05) is 0 Å². The summed E-state index contributed by atoms with van der Waals surface area (Å²) in [6.07, 6.45) is 1.31. The maximum Gasteiger partial charge on any atom is 0.407 e. The molecule has 1 aliphatic heterocycles. The number of nitrogens with zero attached hydrogens (tertiary/aromatic N) is 2. The first-order valence-corrected chi connectivity index (χ1v) is 4.18. The SMILES string of the molecule is Cc1ccnn1CC1CNC(=O)O1. The zero-order valence-electron chi connectivity index (χ0n) is 7.36. The van der Waals surface area contributed by atoms with E-state index in [1.807, 2.05) is 17.7 Å². The molecule has 2 rings (SSSR count). The minimum Gasteiger partial charge on any atom is -0.442 e. The van der Waals surface area contributed by atoms with Gasteiger partial charge in [0.05, 0.1) is 13.1 Å². The number of carbonyl (C=O) groups is 1. The Balaban J connectivity index is 1.99. The largest absolute Gasteiger partial charge is 0.442 e. The predicted octanol–water partition coefficient (Wildman–Crippen LogP) is 0.300. The number of amides is 1. The first kappa shape index (κ1) is 8.10. The Kier molecular flexibility index (Phi) is 1.92. The van der Waals surface area contributed by atoms with Crippen LogP contribution in [0.4, 0.5) is 4.79 Å². The Bertz CT molecular complexity index is 321. The number of cyclic esters (lactones) is 1. The number of hydrogen-bond acceptors (Lipinski definition) is 3. The van der Waals surface area contributed by atoms with E-state index in [9.17, 15) is 4.79 Å². The van der Waals surface area contributed by atoms with Gasteiger partial charge in [0.1, 0.15) is 6.10 Å². The zero-order valence-corrected chi connectivity index (χ0v) is 7.36. The van der Waals surface area contributed by atoms with E-state index >= 15 is 0 Å². The molecule has 5 nitrogen and oxygen atoms in total. The maximum absolute atomic E-state index is 10.7. The van der Waals surface area contributed by atoms with Crippen molar-refractivity contribution in [2.24, 2.45) is 0 Å². The topological polar surface area (TPSA) is 56.2 Å². The molecule has 1 aromatic rings. The molecular formula is C8H11N3O2. The van der Waals surface area contributed by atoms with Crippen molar-refractivity contribution < 1.29 is 9.53 Å². The van der Waals surface area contributed by atoms with Gasteiger partial charge >= 0.3 is 6.09 Å². The third-order valence-electron chi connectivity index (χ3n) is 2.05. The number of aromatic nitrogens is 2. The minimum atomic E-state index is -0.338. The van der Waals surface area contributed by atoms with Crippen LogP contribution in [0, 0.1) is 6.92 Å². The van der Waals surface area contributed by atoms with Gasteiger partial charge in [0.2, 0.25) is 0 Å². The van der Waals surface area contributed by atoms with Gasteiger partial charge in [0.15, 0.2) is 0 Å². The van der Waals surface area contributed by atoms with Gasteiger partial charge in [-0.25, -0.2) is 4.79 Å². The van der Waals surface area contributed by atoms with Crippen molar-refractivity contribution >= 4 is 6.09 Å². The fourth-order valence-corrected chi connectivity index (χ4v) is 1.32. The number of ether oxygens (including phenoxy) is 1. The quantitative estimate of drug-likeness (QED) is 0.713. The van der Waals surface area contributed by atoms with Gasteiger partial charge in [0, 0.05) is 11.9 Å². The summed E-state index contributed by atoms with van der Waals surface area (Å²) in [5, 5.41) is 6.70. The van der Waals surface area contributed by atoms with E-state index in [-0.39, 0.29) is 12.2 Å². The summed E-state index contributed by atoms with van der Waals surface area (Å²) in [6.45, 7) is 3.16. The van der Waals surface area contributed by atoms with E-state index in [0.717, 1.165) is 5.69 Å². The van der Waals surface area contributed by atoms with E-state index < -0.39 is 0 Å². The normalized spacial score (nSPS) is 21.3. The van der Waals surface area contributed by atoms with Crippen LogP contribution < -0.4 is 5.32 Å². The molecular weight excluding hydrogens is 170 g/mol. The third kappa shape index (κ3) is 1.63. The van der Waals surface area contributed by atoms with Crippen LogP contribution in [0.15, 0.2) is 12.3 Å². The second-order valence-electron chi connectivity index (χ2n) is 3.06. The van der Waals surface area contributed by atoms with Crippen molar-refractivity contribution in [1.29, 1.82) is 0 Å². The Morgan fingerprint density at radius 2 is 2.69 bits per heavy atom. The lowest BCUT2D eigenvalue weighted by Crippen LogP contribution is -2.21. The monoisotopic (exact) mass is 181 g/mol. The Morgan fingerprint density at radius 3 is 3.23 bits per heavy atom. The molecule has 1 atom stereocenters. The minimum absolute atomic E-state index is 0.0916. The zero-order chi connectivity index (χ0) is 9.26. The lowest BCUT2D eigenvalue weighted by Gasteiger charge is -2.08. The fourth-order valence-electron chi connectivity index (χ4n) is 1.32. The molecule has 1 unspecified atom stereocenters. The third-order valence-corrected chi connectivity index (χ3v) is 2.05. The first-order valence-electron chi connectivity index (χ1n) is 4.18. The summed E-state index contributed by atoms with van der Waals surface area (Å²) in [6, 6.07) is 1.92. The van der Waals surface area contributed by atoms with Gasteiger partial charge in [-0.05, 0) is 13.0 Å². The van der Waals surface area contributed by atoms with E-state index in [0.29, 0.717) is 13.1 Å². The van der Waals surface area contributed by atoms with Crippen LogP contribution in [-0.2, 0) is 11.3 Å². The average molecular weight is 181 g/mol. The van der Waals surface area contributed by atoms with Crippen LogP contribution in [0.5, 0.6) is 0 Å². The number of nitrogens with one attached hydrogen (secondary N) is 1. The van der Waals surface area contributed by atoms with Gasteiger partial charge in [0.25, 0.3) is 0 Å². The standard InChI is InChI=1S/C8H11N3O2/c1-6-2-3-10-11(6)5-7-4-9-8(12)13-7/h2-3,7H,4-5H2,1H3,(H,9,12). The highest BCUT2D eigenvalue weighted by Gasteiger charge is 2.23. The molecule has 13 heavy (non-hydrogen) atoms. The first-order chi connectivity index (χ1) is 6.25. The number of rotatable bonds is 2. The molecule has 1 N–H and O–H groups in total. The van der Waals surface area contributed by atoms with E-state index in [1.54, 1.807) is 6.20 Å². The van der Waals surface area contributed by atoms with Crippen LogP contribution in [0.25, 0.3) is 0 Å². The van der Waals surface area contributed by atoms with Crippen molar-refractivity contribution in [3.05, 3.63) is 18.0 Å². The molecule has 2 heterocycles. The lowest BCUT2D eigenvalue weighted by atomic mass is 10.3. The van der Waals surface area contributed by atoms with Crippen LogP contribution >= 0.6 is 0 Å². The number of alkyl carbamates (subject to hydrolysis) is 1. The van der Waals surface area contributed by atoms with Crippen molar-refractivity contribution in [1.82, 2.24) is 15.1 Å². The number of carbonyl (C=O) groups excluding carboxylic acids is 1. The molecule has 0 aliphatic carbocycles. The predicted molar refractivity (Wildman–Crippen MR) is 45.2 cm³/mol. The summed E-state index contributed by atoms with van der Waals surface area (Å²) in [5.41, 5.74) is 1.07. The maximum atomic E-state index is 10.7. The van der Waals surface area contributed by atoms with Crippen molar-refractivity contribution in [3.63, 3.8) is 0 Å².